The number of hydrogen-bond donors (Lipinski definition) is 5. The third kappa shape index (κ3) is 11.1. The lowest BCUT2D eigenvalue weighted by Crippen LogP contribution is -2.61. The fourth-order valence-corrected chi connectivity index (χ4v) is 11.1. The molecule has 5 heterocycles. The lowest BCUT2D eigenvalue weighted by Gasteiger charge is -2.43. The number of alkyl halides is 2. The van der Waals surface area contributed by atoms with E-state index in [0.29, 0.717) is 10.3 Å². The van der Waals surface area contributed by atoms with Gasteiger partial charge in [-0.3, -0.25) is 53.1 Å². The van der Waals surface area contributed by atoms with Crippen LogP contribution in [0.2, 0.25) is 0 Å². The zero-order valence-electron chi connectivity index (χ0n) is 41.7. The summed E-state index contributed by atoms with van der Waals surface area (Å²) in [7, 11) is -5.88. The number of nitrogens with one attached hydrogen (secondary N) is 3. The molecule has 0 spiro atoms. The van der Waals surface area contributed by atoms with Crippen LogP contribution in [0.5, 0.6) is 5.75 Å². The predicted octanol–water partition coefficient (Wildman–Crippen LogP) is 4.77. The maximum absolute atomic E-state index is 15.1. The monoisotopic (exact) mass is 1090 g/mol. The van der Waals surface area contributed by atoms with Crippen LogP contribution in [0.15, 0.2) is 91.0 Å². The Kier molecular flexibility index (Phi) is 15.0. The molecule has 2 unspecified atom stereocenters. The first kappa shape index (κ1) is 54.1. The molecule has 5 aromatic rings. The van der Waals surface area contributed by atoms with Crippen molar-refractivity contribution >= 4 is 76.3 Å². The number of fused-ring (bicyclic) bond motifs is 3. The second-order valence-electron chi connectivity index (χ2n) is 19.9. The molecular weight excluding hydrogens is 1040 g/mol. The third-order valence-corrected chi connectivity index (χ3v) is 15.8. The smallest absolute Gasteiger partial charge is 0.399 e. The highest BCUT2D eigenvalue weighted by Crippen LogP contribution is 2.59. The Hall–Kier alpha value is -7.67. The van der Waals surface area contributed by atoms with Gasteiger partial charge in [-0.1, -0.05) is 81.1 Å². The first-order valence-electron chi connectivity index (χ1n) is 24.4. The van der Waals surface area contributed by atoms with Crippen LogP contribution in [-0.4, -0.2) is 123 Å². The fourth-order valence-electron chi connectivity index (χ4n) is 9.66. The number of imide groups is 2. The van der Waals surface area contributed by atoms with Gasteiger partial charge in [0.25, 0.3) is 23.6 Å². The molecule has 4 aliphatic heterocycles. The van der Waals surface area contributed by atoms with E-state index in [-0.39, 0.29) is 90.7 Å². The molecule has 1 aromatic heterocycles. The van der Waals surface area contributed by atoms with E-state index in [1.807, 2.05) is 30.3 Å². The van der Waals surface area contributed by atoms with Gasteiger partial charge < -0.3 is 39.7 Å². The van der Waals surface area contributed by atoms with Crippen molar-refractivity contribution in [2.45, 2.75) is 76.5 Å². The maximum atomic E-state index is 15.1. The molecule has 0 saturated carbocycles. The zero-order chi connectivity index (χ0) is 55.1. The number of carbonyl (C=O) groups is 8. The number of nitrogens with zero attached hydrogens (tertiary/aromatic N) is 3. The summed E-state index contributed by atoms with van der Waals surface area (Å²) in [6.45, 7) is 5.16. The third-order valence-electron chi connectivity index (χ3n) is 13.7. The molecular formula is C54H51F2N6O13PS. The van der Waals surface area contributed by atoms with Crippen molar-refractivity contribution in [1.82, 2.24) is 30.7 Å². The Bertz CT molecular complexity index is 3380. The molecule has 8 amide bonds. The normalized spacial score (nSPS) is 19.2. The molecule has 4 atom stereocenters. The summed E-state index contributed by atoms with van der Waals surface area (Å²) >= 11 is 0.928. The van der Waals surface area contributed by atoms with Gasteiger partial charge in [-0.15, -0.1) is 11.3 Å². The summed E-state index contributed by atoms with van der Waals surface area (Å²) in [4.78, 5) is 130. The predicted molar refractivity (Wildman–Crippen MR) is 273 cm³/mol. The van der Waals surface area contributed by atoms with Crippen molar-refractivity contribution in [3.63, 3.8) is 0 Å². The van der Waals surface area contributed by atoms with Gasteiger partial charge in [0.05, 0.1) is 35.7 Å². The van der Waals surface area contributed by atoms with Crippen LogP contribution in [0.3, 0.4) is 0 Å². The van der Waals surface area contributed by atoms with Crippen molar-refractivity contribution in [3.05, 3.63) is 135 Å². The Labute approximate surface area is 443 Å². The van der Waals surface area contributed by atoms with Gasteiger partial charge >= 0.3 is 13.3 Å². The van der Waals surface area contributed by atoms with Crippen LogP contribution < -0.4 is 20.7 Å². The van der Waals surface area contributed by atoms with Crippen molar-refractivity contribution < 1.29 is 71.0 Å². The van der Waals surface area contributed by atoms with E-state index in [1.165, 1.54) is 35.2 Å². The molecule has 23 heteroatoms. The van der Waals surface area contributed by atoms with Gasteiger partial charge in [0.15, 0.2) is 6.61 Å². The summed E-state index contributed by atoms with van der Waals surface area (Å²) in [5.74, 6) is 0.985. The van der Waals surface area contributed by atoms with E-state index in [2.05, 4.69) is 27.8 Å². The Morgan fingerprint density at radius 1 is 0.948 bits per heavy atom. The summed E-state index contributed by atoms with van der Waals surface area (Å²) in [6.07, 6.45) is -0.389. The zero-order valence-corrected chi connectivity index (χ0v) is 43.4. The number of amides is 8. The first-order chi connectivity index (χ1) is 36.5. The SMILES string of the molecule is CC(C)(C)C(NC(=O)c1cc2cc(C(F)(F)P(=O)(O)O)ccc2s1)C(=O)N1Cc2cc(OCC(=O)NCC#Cc3cccc4c3C(=O)N(C3CCC(=O)NC3=O)C4=O)ccc2C[C@H]1C(=O)N1CCO[C@H](c2ccccc2)C1. The van der Waals surface area contributed by atoms with Gasteiger partial charge in [-0.25, -0.2) is 0 Å². The number of carbonyl (C=O) groups excluding carboxylic acids is 8. The summed E-state index contributed by atoms with van der Waals surface area (Å²) < 4.78 is 53.2. The number of rotatable bonds is 12. The van der Waals surface area contributed by atoms with Crippen LogP contribution in [0.1, 0.15) is 97.9 Å². The largest absolute Gasteiger partial charge is 0.484 e. The molecule has 4 aliphatic rings. The van der Waals surface area contributed by atoms with Crippen molar-refractivity contribution in [2.75, 3.05) is 32.8 Å². The summed E-state index contributed by atoms with van der Waals surface area (Å²) in [6, 6.07) is 19.8. The van der Waals surface area contributed by atoms with Gasteiger partial charge in [0.2, 0.25) is 23.6 Å². The van der Waals surface area contributed by atoms with E-state index in [4.69, 9.17) is 9.47 Å². The minimum absolute atomic E-state index is 0.00670. The minimum atomic E-state index is -5.88. The van der Waals surface area contributed by atoms with E-state index < -0.39 is 96.4 Å². The molecule has 400 valence electrons. The molecule has 9 rings (SSSR count). The van der Waals surface area contributed by atoms with Crippen molar-refractivity contribution in [3.8, 4) is 17.6 Å². The summed E-state index contributed by atoms with van der Waals surface area (Å²) in [5.41, 5.74) is -3.91. The molecule has 5 N–H and O–H groups in total. The number of hydrogen-bond acceptors (Lipinski definition) is 12. The van der Waals surface area contributed by atoms with Crippen LogP contribution in [0, 0.1) is 17.3 Å². The lowest BCUT2D eigenvalue weighted by atomic mass is 9.84. The number of halogens is 2. The summed E-state index contributed by atoms with van der Waals surface area (Å²) in [5, 5.41) is 7.73. The Balaban J connectivity index is 0.906. The van der Waals surface area contributed by atoms with E-state index >= 15 is 4.79 Å². The van der Waals surface area contributed by atoms with Crippen LogP contribution in [0.4, 0.5) is 8.78 Å². The van der Waals surface area contributed by atoms with Gasteiger partial charge in [-0.2, -0.15) is 8.78 Å². The van der Waals surface area contributed by atoms with E-state index in [0.717, 1.165) is 39.5 Å². The molecule has 77 heavy (non-hydrogen) atoms. The fraction of sp³-hybridized carbons (Fsp3) is 0.333. The van der Waals surface area contributed by atoms with Gasteiger partial charge in [0.1, 0.15) is 30.0 Å². The highest BCUT2D eigenvalue weighted by Gasteiger charge is 2.51. The molecule has 0 radical (unpaired) electrons. The van der Waals surface area contributed by atoms with Gasteiger partial charge in [-0.05, 0) is 76.4 Å². The number of morpholine rings is 1. The van der Waals surface area contributed by atoms with Crippen LogP contribution in [-0.2, 0) is 51.9 Å². The molecule has 0 aliphatic carbocycles. The molecule has 2 saturated heterocycles. The second-order valence-corrected chi connectivity index (χ2v) is 22.7. The quantitative estimate of drug-likeness (QED) is 0.0642. The number of thiophene rings is 1. The molecule has 19 nitrogen and oxygen atoms in total. The second kappa shape index (κ2) is 21.4. The number of piperidine rings is 1. The molecule has 4 aromatic carbocycles. The molecule has 0 bridgehead atoms. The topological polar surface area (TPSA) is 258 Å². The highest BCUT2D eigenvalue weighted by atomic mass is 32.1. The number of ether oxygens (including phenoxy) is 2. The van der Waals surface area contributed by atoms with Crippen LogP contribution >= 0.6 is 18.9 Å². The number of benzene rings is 4. The van der Waals surface area contributed by atoms with Gasteiger partial charge in [0, 0.05) is 41.8 Å². The average Bonchev–Trinajstić information content (AvgIpc) is 4.03. The maximum Gasteiger partial charge on any atom is 0.399 e. The Morgan fingerprint density at radius 2 is 1.71 bits per heavy atom. The van der Waals surface area contributed by atoms with E-state index in [1.54, 1.807) is 43.9 Å². The standard InChI is InChI=1S/C54H51F2N6O13PS/c1-53(2,3)46(59-48(66)42-26-33-23-35(15-18-41(33)77-42)54(55,56)76(71,72)73)52(70)61-27-34-24-36(16-14-32(34)25-39(61)50(68)60-21-22-74-40(28-60)30-9-5-4-6-10-30)75-29-44(64)57-20-8-12-31-11-7-13-37-45(31)51(69)62(49(37)67)38-17-19-43(63)58-47(38)65/h4-7,9-11,13-16,18,23-24,26,38-40,46H,17,19-22,25,27-29H2,1-3H3,(H,57,64)(H,59,66)(H,58,63,65)(H2,71,72,73)/t38?,39-,40-,46?/m0/s1. The Morgan fingerprint density at radius 3 is 2.44 bits per heavy atom. The first-order valence-corrected chi connectivity index (χ1v) is 26.8. The van der Waals surface area contributed by atoms with E-state index in [9.17, 15) is 56.7 Å². The molecule has 2 fully saturated rings. The minimum Gasteiger partial charge on any atom is -0.484 e. The van der Waals surface area contributed by atoms with Crippen molar-refractivity contribution in [2.24, 2.45) is 5.41 Å². The highest BCUT2D eigenvalue weighted by molar-refractivity contribution is 7.52. The average molecular weight is 1090 g/mol. The van der Waals surface area contributed by atoms with Crippen LogP contribution in [0.25, 0.3) is 10.1 Å². The van der Waals surface area contributed by atoms with Crippen molar-refractivity contribution in [1.29, 1.82) is 0 Å². The lowest BCUT2D eigenvalue weighted by molar-refractivity contribution is -0.153.